The third-order valence-electron chi connectivity index (χ3n) is 8.70. The Morgan fingerprint density at radius 3 is 1.97 bits per heavy atom. The van der Waals surface area contributed by atoms with Crippen molar-refractivity contribution in [1.82, 2.24) is 0 Å². The van der Waals surface area contributed by atoms with Gasteiger partial charge in [-0.2, -0.15) is 0 Å². The van der Waals surface area contributed by atoms with Gasteiger partial charge in [0.15, 0.2) is 0 Å². The number of benzene rings is 5. The Morgan fingerprint density at radius 1 is 0.429 bits per heavy atom. The van der Waals surface area contributed by atoms with Crippen molar-refractivity contribution in [1.29, 1.82) is 0 Å². The van der Waals surface area contributed by atoms with Gasteiger partial charge in [-0.1, -0.05) is 84.9 Å². The highest BCUT2D eigenvalue weighted by Gasteiger charge is 2.38. The molecule has 0 aromatic heterocycles. The monoisotopic (exact) mass is 445 g/mol. The highest BCUT2D eigenvalue weighted by molar-refractivity contribution is 5.98. The Bertz CT molecular complexity index is 1760. The summed E-state index contributed by atoms with van der Waals surface area (Å²) < 4.78 is 0. The Labute approximate surface area is 205 Å². The van der Waals surface area contributed by atoms with Crippen molar-refractivity contribution in [3.8, 4) is 22.3 Å². The maximum absolute atomic E-state index is 2.65. The largest absolute Gasteiger partial charge is 0.309 e. The predicted octanol–water partition coefficient (Wildman–Crippen LogP) is 8.11. The Kier molecular flexibility index (Phi) is 3.29. The standard InChI is InChI=1S/C34H23N/c1-4-10-26-21(8-1)18-29-28(26)14-13-23-19-30-32-24(15-20-7-2-5-11-27(20)32)17-25-16-22-9-3-6-12-31(22)35(33(23)29)34(25)30/h1-14,17H,15-16,18-19H2. The Balaban J connectivity index is 1.37. The molecule has 9 rings (SSSR count). The fourth-order valence-electron chi connectivity index (χ4n) is 7.33. The number of hydrogen-bond acceptors (Lipinski definition) is 1. The van der Waals surface area contributed by atoms with E-state index in [0.717, 1.165) is 25.7 Å². The second-order valence-electron chi connectivity index (χ2n) is 10.5. The van der Waals surface area contributed by atoms with Gasteiger partial charge in [-0.3, -0.25) is 0 Å². The minimum atomic E-state index is 1.01. The molecule has 1 heteroatoms. The summed E-state index contributed by atoms with van der Waals surface area (Å²) in [5.41, 5.74) is 21.9. The molecule has 4 aliphatic rings. The van der Waals surface area contributed by atoms with Gasteiger partial charge in [0.2, 0.25) is 0 Å². The first-order valence-electron chi connectivity index (χ1n) is 12.7. The quantitative estimate of drug-likeness (QED) is 0.228. The zero-order chi connectivity index (χ0) is 22.7. The number of rotatable bonds is 0. The summed E-state index contributed by atoms with van der Waals surface area (Å²) in [6, 6.07) is 34.4. The zero-order valence-corrected chi connectivity index (χ0v) is 19.4. The highest BCUT2D eigenvalue weighted by atomic mass is 15.2. The molecule has 5 aromatic rings. The van der Waals surface area contributed by atoms with E-state index in [1.54, 1.807) is 0 Å². The molecule has 164 valence electrons. The van der Waals surface area contributed by atoms with E-state index < -0.39 is 0 Å². The smallest absolute Gasteiger partial charge is 0.0539 e. The van der Waals surface area contributed by atoms with Crippen LogP contribution in [0.15, 0.2) is 91.0 Å². The average Bonchev–Trinajstić information content (AvgIpc) is 3.46. The molecule has 35 heavy (non-hydrogen) atoms. The van der Waals surface area contributed by atoms with Crippen LogP contribution in [0.4, 0.5) is 17.1 Å². The minimum Gasteiger partial charge on any atom is -0.309 e. The number of para-hydroxylation sites is 1. The van der Waals surface area contributed by atoms with Crippen LogP contribution >= 0.6 is 0 Å². The molecule has 2 heterocycles. The zero-order valence-electron chi connectivity index (χ0n) is 19.4. The van der Waals surface area contributed by atoms with E-state index in [2.05, 4.69) is 95.9 Å². The maximum atomic E-state index is 2.65. The van der Waals surface area contributed by atoms with Gasteiger partial charge in [0, 0.05) is 24.9 Å². The topological polar surface area (TPSA) is 3.24 Å². The van der Waals surface area contributed by atoms with E-state index >= 15 is 0 Å². The maximum Gasteiger partial charge on any atom is 0.0539 e. The molecule has 0 bridgehead atoms. The van der Waals surface area contributed by atoms with Crippen molar-refractivity contribution >= 4 is 17.1 Å². The summed E-state index contributed by atoms with van der Waals surface area (Å²) in [6.45, 7) is 0. The Hall–Kier alpha value is -4.10. The molecule has 1 nitrogen and oxygen atoms in total. The molecular weight excluding hydrogens is 422 g/mol. The van der Waals surface area contributed by atoms with Crippen molar-refractivity contribution in [2.45, 2.75) is 25.7 Å². The van der Waals surface area contributed by atoms with E-state index in [1.165, 1.54) is 83.8 Å². The highest BCUT2D eigenvalue weighted by Crippen LogP contribution is 2.57. The van der Waals surface area contributed by atoms with Crippen LogP contribution in [0.25, 0.3) is 22.3 Å². The lowest BCUT2D eigenvalue weighted by atomic mass is 9.81. The number of nitrogens with zero attached hydrogens (tertiary/aromatic N) is 1. The molecule has 0 spiro atoms. The summed E-state index contributed by atoms with van der Waals surface area (Å²) in [5.74, 6) is 0. The minimum absolute atomic E-state index is 1.01. The van der Waals surface area contributed by atoms with Crippen LogP contribution in [0.1, 0.15) is 44.5 Å². The fourth-order valence-corrected chi connectivity index (χ4v) is 7.33. The van der Waals surface area contributed by atoms with Gasteiger partial charge in [0.1, 0.15) is 0 Å². The molecule has 2 aliphatic carbocycles. The summed E-state index contributed by atoms with van der Waals surface area (Å²) in [4.78, 5) is 2.65. The summed E-state index contributed by atoms with van der Waals surface area (Å²) in [5, 5.41) is 0. The SMILES string of the molecule is c1ccc2c(c1)Cc1c-2ccc2c1N1c3ccccc3Cc3cc4c(c(c31)C2)-c1ccccc1C4. The van der Waals surface area contributed by atoms with Crippen LogP contribution in [0.2, 0.25) is 0 Å². The molecular formula is C34H23N. The van der Waals surface area contributed by atoms with Crippen LogP contribution in [-0.4, -0.2) is 0 Å². The predicted molar refractivity (Wildman–Crippen MR) is 143 cm³/mol. The van der Waals surface area contributed by atoms with E-state index in [-0.39, 0.29) is 0 Å². The van der Waals surface area contributed by atoms with Gasteiger partial charge < -0.3 is 4.90 Å². The van der Waals surface area contributed by atoms with Crippen LogP contribution in [0.5, 0.6) is 0 Å². The third-order valence-corrected chi connectivity index (χ3v) is 8.70. The first-order chi connectivity index (χ1) is 17.3. The van der Waals surface area contributed by atoms with Gasteiger partial charge in [0.05, 0.1) is 11.4 Å². The molecule has 0 amide bonds. The first-order valence-corrected chi connectivity index (χ1v) is 12.7. The van der Waals surface area contributed by atoms with Crippen molar-refractivity contribution in [3.05, 3.63) is 136 Å². The molecule has 0 unspecified atom stereocenters. The number of fused-ring (bicyclic) bond motifs is 12. The van der Waals surface area contributed by atoms with E-state index in [0.29, 0.717) is 0 Å². The van der Waals surface area contributed by atoms with Gasteiger partial charge in [-0.15, -0.1) is 0 Å². The van der Waals surface area contributed by atoms with Crippen LogP contribution in [-0.2, 0) is 25.7 Å². The van der Waals surface area contributed by atoms with Crippen LogP contribution < -0.4 is 4.90 Å². The second kappa shape index (κ2) is 6.31. The van der Waals surface area contributed by atoms with Crippen LogP contribution in [0.3, 0.4) is 0 Å². The normalized spacial score (nSPS) is 14.9. The number of anilines is 3. The average molecular weight is 446 g/mol. The molecule has 0 N–H and O–H groups in total. The van der Waals surface area contributed by atoms with Gasteiger partial charge in [0.25, 0.3) is 0 Å². The number of hydrogen-bond donors (Lipinski definition) is 0. The molecule has 0 saturated heterocycles. The van der Waals surface area contributed by atoms with E-state index in [1.807, 2.05) is 0 Å². The second-order valence-corrected chi connectivity index (χ2v) is 10.5. The summed E-state index contributed by atoms with van der Waals surface area (Å²) in [7, 11) is 0. The van der Waals surface area contributed by atoms with Gasteiger partial charge in [-0.05, 0) is 79.2 Å². The lowest BCUT2D eigenvalue weighted by Crippen LogP contribution is -2.26. The molecule has 0 atom stereocenters. The Morgan fingerprint density at radius 2 is 1.09 bits per heavy atom. The summed E-state index contributed by atoms with van der Waals surface area (Å²) in [6.07, 6.45) is 4.10. The van der Waals surface area contributed by atoms with Crippen molar-refractivity contribution in [2.75, 3.05) is 4.90 Å². The van der Waals surface area contributed by atoms with Crippen molar-refractivity contribution in [3.63, 3.8) is 0 Å². The van der Waals surface area contributed by atoms with E-state index in [9.17, 15) is 0 Å². The summed E-state index contributed by atoms with van der Waals surface area (Å²) >= 11 is 0. The molecule has 0 saturated carbocycles. The van der Waals surface area contributed by atoms with Crippen LogP contribution in [0, 0.1) is 0 Å². The third kappa shape index (κ3) is 2.24. The van der Waals surface area contributed by atoms with Crippen molar-refractivity contribution in [2.24, 2.45) is 0 Å². The fraction of sp³-hybridized carbons (Fsp3) is 0.118. The van der Waals surface area contributed by atoms with Gasteiger partial charge in [-0.25, -0.2) is 0 Å². The molecule has 0 fully saturated rings. The lowest BCUT2D eigenvalue weighted by Gasteiger charge is -2.41. The van der Waals surface area contributed by atoms with Gasteiger partial charge >= 0.3 is 0 Å². The molecule has 2 aliphatic heterocycles. The van der Waals surface area contributed by atoms with Crippen molar-refractivity contribution < 1.29 is 0 Å². The first kappa shape index (κ1) is 18.3. The van der Waals surface area contributed by atoms with E-state index in [4.69, 9.17) is 0 Å². The lowest BCUT2D eigenvalue weighted by molar-refractivity contribution is 0.997. The molecule has 5 aromatic carbocycles. The molecule has 0 radical (unpaired) electrons.